The summed E-state index contributed by atoms with van der Waals surface area (Å²) in [6, 6.07) is -1.53. The fraction of sp³-hybridized carbons (Fsp3) is 0.818. The lowest BCUT2D eigenvalue weighted by Gasteiger charge is -2.45. The van der Waals surface area contributed by atoms with Crippen molar-refractivity contribution >= 4 is 11.9 Å². The number of amides is 1. The van der Waals surface area contributed by atoms with Gasteiger partial charge in [0.25, 0.3) is 11.6 Å². The number of carbonyl (C=O) groups is 2. The lowest BCUT2D eigenvalue weighted by molar-refractivity contribution is -0.314. The third kappa shape index (κ3) is 3.69. The molecule has 0 aliphatic carbocycles. The minimum absolute atomic E-state index is 0.725. The summed E-state index contributed by atoms with van der Waals surface area (Å²) in [6.45, 7) is -0.537. The van der Waals surface area contributed by atoms with Crippen LogP contribution in [-0.4, -0.2) is 85.1 Å². The van der Waals surface area contributed by atoms with Gasteiger partial charge in [0, 0.05) is 13.3 Å². The molecule has 128 valence electrons. The second kappa shape index (κ2) is 6.40. The molecule has 1 amide bonds. The molecule has 1 saturated heterocycles. The zero-order chi connectivity index (χ0) is 17.3. The monoisotopic (exact) mass is 327 g/mol. The summed E-state index contributed by atoms with van der Waals surface area (Å²) in [6.07, 6.45) is -7.21. The van der Waals surface area contributed by atoms with Crippen LogP contribution in [0.3, 0.4) is 0 Å². The van der Waals surface area contributed by atoms with Crippen molar-refractivity contribution in [3.05, 3.63) is 0 Å². The van der Waals surface area contributed by atoms with Crippen LogP contribution in [-0.2, 0) is 14.3 Å². The van der Waals surface area contributed by atoms with Gasteiger partial charge in [-0.15, -0.1) is 0 Å². The zero-order valence-corrected chi connectivity index (χ0v) is 11.5. The van der Waals surface area contributed by atoms with Crippen molar-refractivity contribution in [2.45, 2.75) is 49.3 Å². The Labute approximate surface area is 123 Å². The number of alkyl halides is 1. The molecular weight excluding hydrogens is 309 g/mol. The number of aliphatic hydroxyl groups is 5. The average Bonchev–Trinajstić information content (AvgIpc) is 2.40. The van der Waals surface area contributed by atoms with Gasteiger partial charge in [-0.3, -0.25) is 4.79 Å². The molecule has 6 atom stereocenters. The Bertz CT molecular complexity index is 445. The third-order valence-electron chi connectivity index (χ3n) is 3.28. The van der Waals surface area contributed by atoms with E-state index in [0.29, 0.717) is 0 Å². The summed E-state index contributed by atoms with van der Waals surface area (Å²) in [7, 11) is 0. The summed E-state index contributed by atoms with van der Waals surface area (Å²) in [5.74, 6) is -9.22. The first-order valence-corrected chi connectivity index (χ1v) is 6.23. The van der Waals surface area contributed by atoms with Crippen LogP contribution in [0, 0.1) is 0 Å². The number of halogens is 1. The van der Waals surface area contributed by atoms with Crippen LogP contribution in [0.5, 0.6) is 0 Å². The highest BCUT2D eigenvalue weighted by Gasteiger charge is 2.56. The quantitative estimate of drug-likeness (QED) is 0.269. The van der Waals surface area contributed by atoms with E-state index in [1.54, 1.807) is 0 Å². The molecular formula is C11H18FNO9. The molecule has 1 fully saturated rings. The highest BCUT2D eigenvalue weighted by Crippen LogP contribution is 2.32. The number of carboxylic acids is 1. The minimum atomic E-state index is -3.61. The van der Waals surface area contributed by atoms with Crippen LogP contribution in [0.25, 0.3) is 0 Å². The molecule has 0 aromatic carbocycles. The number of aliphatic hydroxyl groups excluding tert-OH is 3. The van der Waals surface area contributed by atoms with Crippen molar-refractivity contribution in [1.29, 1.82) is 0 Å². The van der Waals surface area contributed by atoms with Crippen LogP contribution in [0.1, 0.15) is 13.3 Å². The molecule has 11 heteroatoms. The van der Waals surface area contributed by atoms with Crippen molar-refractivity contribution in [2.75, 3.05) is 6.61 Å². The number of rotatable bonds is 5. The van der Waals surface area contributed by atoms with Crippen molar-refractivity contribution < 1.29 is 49.4 Å². The van der Waals surface area contributed by atoms with Gasteiger partial charge in [0.1, 0.15) is 18.8 Å². The number of carboxylic acid groups (broad SMARTS) is 1. The highest BCUT2D eigenvalue weighted by molar-refractivity contribution is 5.76. The molecule has 0 unspecified atom stereocenters. The Kier molecular flexibility index (Phi) is 5.43. The molecule has 0 spiro atoms. The molecule has 1 heterocycles. The van der Waals surface area contributed by atoms with Gasteiger partial charge >= 0.3 is 5.97 Å². The van der Waals surface area contributed by atoms with Gasteiger partial charge in [-0.2, -0.15) is 0 Å². The summed E-state index contributed by atoms with van der Waals surface area (Å²) in [4.78, 5) is 22.1. The number of hydrogen-bond donors (Lipinski definition) is 7. The molecule has 10 nitrogen and oxygen atoms in total. The number of ether oxygens (including phenoxy) is 1. The number of aliphatic carboxylic acids is 1. The van der Waals surface area contributed by atoms with E-state index in [4.69, 9.17) is 10.2 Å². The molecule has 0 saturated carbocycles. The second-order valence-electron chi connectivity index (χ2n) is 5.09. The summed E-state index contributed by atoms with van der Waals surface area (Å²) >= 11 is 0. The Morgan fingerprint density at radius 2 is 2.09 bits per heavy atom. The van der Waals surface area contributed by atoms with Crippen LogP contribution >= 0.6 is 0 Å². The van der Waals surface area contributed by atoms with E-state index in [2.05, 4.69) is 10.1 Å². The summed E-state index contributed by atoms with van der Waals surface area (Å²) in [5, 5.41) is 58.3. The van der Waals surface area contributed by atoms with Gasteiger partial charge in [0.2, 0.25) is 5.91 Å². The van der Waals surface area contributed by atoms with E-state index in [1.165, 1.54) is 0 Å². The van der Waals surface area contributed by atoms with E-state index in [1.807, 2.05) is 0 Å². The molecule has 0 aromatic heterocycles. The fourth-order valence-corrected chi connectivity index (χ4v) is 2.13. The molecule has 1 rings (SSSR count). The molecule has 1 aliphatic rings. The smallest absolute Gasteiger partial charge is 0.364 e. The first kappa shape index (κ1) is 18.7. The van der Waals surface area contributed by atoms with E-state index < -0.39 is 60.9 Å². The molecule has 22 heavy (non-hydrogen) atoms. The highest BCUT2D eigenvalue weighted by atomic mass is 19.2. The van der Waals surface area contributed by atoms with Crippen LogP contribution in [0.2, 0.25) is 0 Å². The van der Waals surface area contributed by atoms with Crippen LogP contribution < -0.4 is 5.32 Å². The zero-order valence-electron chi connectivity index (χ0n) is 11.5. The first-order valence-electron chi connectivity index (χ1n) is 6.23. The van der Waals surface area contributed by atoms with Gasteiger partial charge in [-0.25, -0.2) is 9.18 Å². The molecule has 1 aliphatic heterocycles. The average molecular weight is 327 g/mol. The van der Waals surface area contributed by atoms with E-state index in [9.17, 15) is 34.4 Å². The standard InChI is InChI=1S/C11H18FNO9/c1-4(15)13-6-5(16)2-11(21,9(18)19)22-7(6)8(17)10(12,20)3-14/h5-8,14,16-17,20-21H,2-3H2,1H3,(H,13,15)(H,18,19)/t5-,6+,7+,8-,10+,11-/m0/s1. The van der Waals surface area contributed by atoms with Gasteiger partial charge in [-0.1, -0.05) is 0 Å². The topological polar surface area (TPSA) is 177 Å². The third-order valence-corrected chi connectivity index (χ3v) is 3.28. The molecule has 0 radical (unpaired) electrons. The van der Waals surface area contributed by atoms with Gasteiger partial charge in [-0.05, 0) is 0 Å². The fourth-order valence-electron chi connectivity index (χ4n) is 2.13. The van der Waals surface area contributed by atoms with E-state index in [-0.39, 0.29) is 0 Å². The van der Waals surface area contributed by atoms with Crippen molar-refractivity contribution in [3.8, 4) is 0 Å². The maximum atomic E-state index is 13.6. The van der Waals surface area contributed by atoms with Gasteiger partial charge < -0.3 is 40.7 Å². The predicted octanol–water partition coefficient (Wildman–Crippen LogP) is -3.57. The maximum absolute atomic E-state index is 13.6. The van der Waals surface area contributed by atoms with Gasteiger partial charge in [0.05, 0.1) is 12.1 Å². The number of nitrogens with one attached hydrogen (secondary N) is 1. The molecule has 0 aromatic rings. The Balaban J connectivity index is 3.17. The van der Waals surface area contributed by atoms with Gasteiger partial charge in [0.15, 0.2) is 0 Å². The minimum Gasteiger partial charge on any atom is -0.477 e. The molecule has 0 bridgehead atoms. The molecule has 7 N–H and O–H groups in total. The maximum Gasteiger partial charge on any atom is 0.364 e. The van der Waals surface area contributed by atoms with Crippen LogP contribution in [0.4, 0.5) is 4.39 Å². The first-order chi connectivity index (χ1) is 9.94. The lowest BCUT2D eigenvalue weighted by atomic mass is 9.88. The van der Waals surface area contributed by atoms with Crippen molar-refractivity contribution in [2.24, 2.45) is 0 Å². The Morgan fingerprint density at radius 3 is 2.50 bits per heavy atom. The Hall–Kier alpha value is -1.37. The summed E-state index contributed by atoms with van der Waals surface area (Å²) < 4.78 is 18.3. The Morgan fingerprint density at radius 1 is 1.55 bits per heavy atom. The largest absolute Gasteiger partial charge is 0.477 e. The normalized spacial score (nSPS) is 36.2. The number of carbonyl (C=O) groups excluding carboxylic acids is 1. The SMILES string of the molecule is CC(=O)N[C@H]1[C@H]([C@H](O)[C@@](O)(F)CO)O[C@](O)(C(=O)O)C[C@@H]1O. The van der Waals surface area contributed by atoms with Crippen LogP contribution in [0.15, 0.2) is 0 Å². The van der Waals surface area contributed by atoms with Crippen molar-refractivity contribution in [3.63, 3.8) is 0 Å². The van der Waals surface area contributed by atoms with E-state index in [0.717, 1.165) is 6.92 Å². The predicted molar refractivity (Wildman–Crippen MR) is 64.8 cm³/mol. The second-order valence-corrected chi connectivity index (χ2v) is 5.09. The summed E-state index contributed by atoms with van der Waals surface area (Å²) in [5.41, 5.74) is 0. The van der Waals surface area contributed by atoms with Crippen molar-refractivity contribution in [1.82, 2.24) is 5.32 Å². The number of hydrogen-bond acceptors (Lipinski definition) is 8. The lowest BCUT2D eigenvalue weighted by Crippen LogP contribution is -2.68. The van der Waals surface area contributed by atoms with E-state index >= 15 is 0 Å².